The third-order valence-electron chi connectivity index (χ3n) is 1.86. The fourth-order valence-electron chi connectivity index (χ4n) is 1.10. The number of nitrogens with one attached hydrogen (secondary N) is 2. The van der Waals surface area contributed by atoms with Crippen molar-refractivity contribution in [2.24, 2.45) is 0 Å². The largest absolute Gasteiger partial charge is 0.337 e. The van der Waals surface area contributed by atoms with Crippen LogP contribution in [0.4, 0.5) is 4.79 Å². The average molecular weight is 193 g/mol. The van der Waals surface area contributed by atoms with Crippen molar-refractivity contribution in [3.63, 3.8) is 0 Å². The molecule has 76 valence electrons. The molecule has 2 N–H and O–H groups in total. The summed E-state index contributed by atoms with van der Waals surface area (Å²) >= 11 is 0. The summed E-state index contributed by atoms with van der Waals surface area (Å²) in [4.78, 5) is 11.5. The van der Waals surface area contributed by atoms with Crippen LogP contribution in [0.5, 0.6) is 0 Å². The first-order valence-corrected chi connectivity index (χ1v) is 4.67. The second-order valence-corrected chi connectivity index (χ2v) is 3.19. The van der Waals surface area contributed by atoms with Gasteiger partial charge in [-0.05, 0) is 31.0 Å². The monoisotopic (exact) mass is 193 g/mol. The molecule has 0 aliphatic rings. The summed E-state index contributed by atoms with van der Waals surface area (Å²) in [7, 11) is 0. The van der Waals surface area contributed by atoms with Crippen molar-refractivity contribution < 1.29 is 4.79 Å². The standard InChI is InChI=1S/C10H15N3O/c1-3-5-12-10(14)13-6-4-8(2)7-9(13)11/h4,6-7,11H,3,5H2,1-2H3,(H,12,14). The zero-order valence-corrected chi connectivity index (χ0v) is 8.50. The van der Waals surface area contributed by atoms with E-state index in [4.69, 9.17) is 5.41 Å². The van der Waals surface area contributed by atoms with E-state index in [0.717, 1.165) is 12.0 Å². The van der Waals surface area contributed by atoms with Gasteiger partial charge in [0.15, 0.2) is 0 Å². The third-order valence-corrected chi connectivity index (χ3v) is 1.86. The van der Waals surface area contributed by atoms with Crippen LogP contribution in [-0.2, 0) is 0 Å². The molecule has 4 heteroatoms. The lowest BCUT2D eigenvalue weighted by Gasteiger charge is -2.06. The first-order chi connectivity index (χ1) is 6.65. The Labute approximate surface area is 83.1 Å². The highest BCUT2D eigenvalue weighted by Crippen LogP contribution is 1.90. The van der Waals surface area contributed by atoms with Crippen molar-refractivity contribution in [3.05, 3.63) is 29.4 Å². The molecule has 0 saturated carbocycles. The zero-order valence-electron chi connectivity index (χ0n) is 8.50. The lowest BCUT2D eigenvalue weighted by Crippen LogP contribution is -2.36. The van der Waals surface area contributed by atoms with Crippen LogP contribution in [0.1, 0.15) is 18.9 Å². The molecule has 0 aliphatic heterocycles. The average Bonchev–Trinajstić information content (AvgIpc) is 2.14. The lowest BCUT2D eigenvalue weighted by molar-refractivity contribution is 0.241. The molecule has 1 aromatic heterocycles. The Balaban J connectivity index is 2.85. The number of rotatable bonds is 2. The van der Waals surface area contributed by atoms with Crippen LogP contribution in [0.3, 0.4) is 0 Å². The molecule has 0 atom stereocenters. The van der Waals surface area contributed by atoms with Crippen LogP contribution in [-0.4, -0.2) is 17.1 Å². The predicted octanol–water partition coefficient (Wildman–Crippen LogP) is 1.24. The molecule has 1 rings (SSSR count). The molecular formula is C10H15N3O. The molecule has 0 saturated heterocycles. The van der Waals surface area contributed by atoms with Crippen molar-refractivity contribution in [2.45, 2.75) is 20.3 Å². The van der Waals surface area contributed by atoms with Crippen LogP contribution in [0, 0.1) is 12.3 Å². The second kappa shape index (κ2) is 4.60. The molecular weight excluding hydrogens is 178 g/mol. The van der Waals surface area contributed by atoms with Crippen LogP contribution >= 0.6 is 0 Å². The quantitative estimate of drug-likeness (QED) is 0.729. The highest BCUT2D eigenvalue weighted by atomic mass is 16.2. The van der Waals surface area contributed by atoms with Gasteiger partial charge in [-0.3, -0.25) is 9.98 Å². The van der Waals surface area contributed by atoms with E-state index in [2.05, 4.69) is 5.32 Å². The van der Waals surface area contributed by atoms with Crippen molar-refractivity contribution >= 4 is 6.03 Å². The van der Waals surface area contributed by atoms with Gasteiger partial charge >= 0.3 is 6.03 Å². The molecule has 0 aromatic carbocycles. The van der Waals surface area contributed by atoms with Crippen LogP contribution in [0.15, 0.2) is 18.3 Å². The third kappa shape index (κ3) is 2.45. The fraction of sp³-hybridized carbons (Fsp3) is 0.400. The van der Waals surface area contributed by atoms with Gasteiger partial charge in [0.2, 0.25) is 0 Å². The fourth-order valence-corrected chi connectivity index (χ4v) is 1.10. The highest BCUT2D eigenvalue weighted by molar-refractivity contribution is 5.76. The SMILES string of the molecule is CCCNC(=O)n1ccc(C)cc1=N. The second-order valence-electron chi connectivity index (χ2n) is 3.19. The van der Waals surface area contributed by atoms with E-state index < -0.39 is 0 Å². The first kappa shape index (κ1) is 10.5. The summed E-state index contributed by atoms with van der Waals surface area (Å²) in [5.41, 5.74) is 1.19. The molecule has 0 bridgehead atoms. The van der Waals surface area contributed by atoms with Crippen LogP contribution in [0.2, 0.25) is 0 Å². The maximum atomic E-state index is 11.5. The van der Waals surface area contributed by atoms with Gasteiger partial charge in [-0.15, -0.1) is 0 Å². The van der Waals surface area contributed by atoms with E-state index in [1.807, 2.05) is 19.9 Å². The van der Waals surface area contributed by atoms with Crippen molar-refractivity contribution in [2.75, 3.05) is 6.54 Å². The van der Waals surface area contributed by atoms with Gasteiger partial charge < -0.3 is 5.32 Å². The normalized spacial score (nSPS) is 9.86. The number of carbonyl (C=O) groups is 1. The molecule has 0 spiro atoms. The summed E-state index contributed by atoms with van der Waals surface area (Å²) in [6.07, 6.45) is 2.51. The number of hydrogen-bond acceptors (Lipinski definition) is 2. The van der Waals surface area contributed by atoms with Crippen molar-refractivity contribution in [1.29, 1.82) is 5.41 Å². The molecule has 0 radical (unpaired) electrons. The minimum absolute atomic E-state index is 0.207. The Kier molecular flexibility index (Phi) is 3.45. The van der Waals surface area contributed by atoms with E-state index in [1.54, 1.807) is 12.3 Å². The summed E-state index contributed by atoms with van der Waals surface area (Å²) in [5, 5.41) is 10.3. The van der Waals surface area contributed by atoms with Gasteiger partial charge in [0.1, 0.15) is 5.49 Å². The number of nitrogens with zero attached hydrogens (tertiary/aromatic N) is 1. The number of aryl methyl sites for hydroxylation is 1. The molecule has 0 unspecified atom stereocenters. The van der Waals surface area contributed by atoms with Gasteiger partial charge in [0.05, 0.1) is 0 Å². The summed E-state index contributed by atoms with van der Waals surface area (Å²) < 4.78 is 1.29. The smallest absolute Gasteiger partial charge is 0.327 e. The number of hydrogen-bond donors (Lipinski definition) is 2. The highest BCUT2D eigenvalue weighted by Gasteiger charge is 2.02. The van der Waals surface area contributed by atoms with E-state index in [1.165, 1.54) is 4.57 Å². The molecule has 1 aromatic rings. The van der Waals surface area contributed by atoms with Crippen LogP contribution in [0.25, 0.3) is 0 Å². The Morgan fingerprint density at radius 1 is 1.64 bits per heavy atom. The predicted molar refractivity (Wildman–Crippen MR) is 54.1 cm³/mol. The van der Waals surface area contributed by atoms with Crippen molar-refractivity contribution in [1.82, 2.24) is 9.88 Å². The van der Waals surface area contributed by atoms with Crippen LogP contribution < -0.4 is 10.8 Å². The maximum absolute atomic E-state index is 11.5. The Morgan fingerprint density at radius 2 is 2.36 bits per heavy atom. The molecule has 1 heterocycles. The summed E-state index contributed by atoms with van der Waals surface area (Å²) in [6, 6.07) is 3.23. The number of aromatic nitrogens is 1. The van der Waals surface area contributed by atoms with Gasteiger partial charge in [-0.25, -0.2) is 4.79 Å². The number of amides is 1. The van der Waals surface area contributed by atoms with Crippen molar-refractivity contribution in [3.8, 4) is 0 Å². The molecule has 14 heavy (non-hydrogen) atoms. The lowest BCUT2D eigenvalue weighted by atomic mass is 10.3. The number of pyridine rings is 1. The summed E-state index contributed by atoms with van der Waals surface area (Å²) in [6.45, 7) is 4.52. The molecule has 1 amide bonds. The topological polar surface area (TPSA) is 57.9 Å². The molecule has 0 fully saturated rings. The Morgan fingerprint density at radius 3 is 2.93 bits per heavy atom. The minimum Gasteiger partial charge on any atom is -0.337 e. The van der Waals surface area contributed by atoms with Gasteiger partial charge in [-0.1, -0.05) is 6.92 Å². The Bertz CT molecular complexity index is 381. The van der Waals surface area contributed by atoms with E-state index in [-0.39, 0.29) is 11.5 Å². The minimum atomic E-state index is -0.239. The van der Waals surface area contributed by atoms with E-state index in [0.29, 0.717) is 6.54 Å². The molecule has 0 aliphatic carbocycles. The van der Waals surface area contributed by atoms with Gasteiger partial charge in [0.25, 0.3) is 0 Å². The van der Waals surface area contributed by atoms with Gasteiger partial charge in [0, 0.05) is 12.7 Å². The summed E-state index contributed by atoms with van der Waals surface area (Å²) in [5.74, 6) is 0. The first-order valence-electron chi connectivity index (χ1n) is 4.67. The van der Waals surface area contributed by atoms with E-state index >= 15 is 0 Å². The van der Waals surface area contributed by atoms with Gasteiger partial charge in [-0.2, -0.15) is 0 Å². The Hall–Kier alpha value is -1.58. The van der Waals surface area contributed by atoms with E-state index in [9.17, 15) is 4.79 Å². The zero-order chi connectivity index (χ0) is 10.6. The molecule has 4 nitrogen and oxygen atoms in total. The maximum Gasteiger partial charge on any atom is 0.327 e. The number of carbonyl (C=O) groups excluding carboxylic acids is 1.